The highest BCUT2D eigenvalue weighted by atomic mass is 16.7. The highest BCUT2D eigenvalue weighted by Gasteiger charge is 2.59. The summed E-state index contributed by atoms with van der Waals surface area (Å²) in [6.07, 6.45) is 19.2. The minimum atomic E-state index is -0.253. The van der Waals surface area contributed by atoms with Crippen molar-refractivity contribution in [2.75, 3.05) is 20.8 Å². The van der Waals surface area contributed by atoms with Crippen molar-refractivity contribution in [3.63, 3.8) is 0 Å². The van der Waals surface area contributed by atoms with Crippen molar-refractivity contribution in [2.24, 2.45) is 46.3 Å². The summed E-state index contributed by atoms with van der Waals surface area (Å²) in [7, 11) is 3.39. The van der Waals surface area contributed by atoms with E-state index in [0.29, 0.717) is 23.5 Å². The molecule has 0 N–H and O–H groups in total. The maximum Gasteiger partial charge on any atom is 0.180 e. The largest absolute Gasteiger partial charge is 0.373 e. The molecule has 3 heteroatoms. The van der Waals surface area contributed by atoms with E-state index in [0.717, 1.165) is 41.9 Å². The molecule has 0 aromatic carbocycles. The van der Waals surface area contributed by atoms with Crippen molar-refractivity contribution in [1.82, 2.24) is 0 Å². The Balaban J connectivity index is 1.43. The summed E-state index contributed by atoms with van der Waals surface area (Å²) >= 11 is 0. The van der Waals surface area contributed by atoms with Crippen LogP contribution in [0, 0.1) is 46.3 Å². The van der Waals surface area contributed by atoms with Crippen LogP contribution in [0.25, 0.3) is 0 Å². The molecule has 3 fully saturated rings. The molecule has 0 spiro atoms. The summed E-state index contributed by atoms with van der Waals surface area (Å²) in [5.41, 5.74) is 2.68. The maximum absolute atomic E-state index is 6.25. The van der Waals surface area contributed by atoms with E-state index in [1.807, 2.05) is 0 Å². The topological polar surface area (TPSA) is 27.7 Å². The molecule has 202 valence electrons. The second kappa shape index (κ2) is 11.6. The van der Waals surface area contributed by atoms with Crippen LogP contribution in [0.3, 0.4) is 0 Å². The molecule has 35 heavy (non-hydrogen) atoms. The number of allylic oxidation sites excluding steroid dienone is 1. The molecule has 0 bridgehead atoms. The van der Waals surface area contributed by atoms with Gasteiger partial charge in [0.25, 0.3) is 0 Å². The Hall–Kier alpha value is -0.380. The zero-order chi connectivity index (χ0) is 25.2. The Labute approximate surface area is 217 Å². The number of hydrogen-bond donors (Lipinski definition) is 0. The minimum Gasteiger partial charge on any atom is -0.373 e. The molecule has 0 aliphatic heterocycles. The maximum atomic E-state index is 6.25. The first kappa shape index (κ1) is 27.6. The van der Waals surface area contributed by atoms with Crippen LogP contribution in [0.15, 0.2) is 11.6 Å². The lowest BCUT2D eigenvalue weighted by atomic mass is 9.47. The van der Waals surface area contributed by atoms with Crippen LogP contribution in [-0.2, 0) is 14.2 Å². The van der Waals surface area contributed by atoms with E-state index in [4.69, 9.17) is 14.2 Å². The first-order valence-corrected chi connectivity index (χ1v) is 15.1. The average molecular weight is 489 g/mol. The van der Waals surface area contributed by atoms with Crippen molar-refractivity contribution in [1.29, 1.82) is 0 Å². The summed E-state index contributed by atoms with van der Waals surface area (Å²) < 4.78 is 16.9. The fourth-order valence-electron chi connectivity index (χ4n) is 9.51. The molecule has 0 radical (unpaired) electrons. The van der Waals surface area contributed by atoms with Crippen LogP contribution in [-0.4, -0.2) is 33.2 Å². The van der Waals surface area contributed by atoms with Gasteiger partial charge in [0, 0.05) is 14.2 Å². The molecule has 0 aromatic heterocycles. The first-order chi connectivity index (χ1) is 16.8. The van der Waals surface area contributed by atoms with Crippen LogP contribution in [0.4, 0.5) is 0 Å². The predicted molar refractivity (Wildman–Crippen MR) is 145 cm³/mol. The minimum absolute atomic E-state index is 0.253. The van der Waals surface area contributed by atoms with E-state index in [-0.39, 0.29) is 6.29 Å². The Morgan fingerprint density at radius 3 is 2.43 bits per heavy atom. The zero-order valence-electron chi connectivity index (χ0n) is 24.1. The Bertz CT molecular complexity index is 712. The number of methoxy groups -OCH3 is 2. The van der Waals surface area contributed by atoms with Gasteiger partial charge in [-0.3, -0.25) is 0 Å². The monoisotopic (exact) mass is 488 g/mol. The zero-order valence-corrected chi connectivity index (χ0v) is 24.1. The lowest BCUT2D eigenvalue weighted by Crippen LogP contribution is -2.51. The van der Waals surface area contributed by atoms with E-state index in [1.54, 1.807) is 19.8 Å². The van der Waals surface area contributed by atoms with Crippen molar-refractivity contribution in [3.05, 3.63) is 11.6 Å². The molecule has 3 saturated carbocycles. The molecule has 4 rings (SSSR count). The lowest BCUT2D eigenvalue weighted by molar-refractivity contribution is -0.156. The Morgan fingerprint density at radius 1 is 0.971 bits per heavy atom. The van der Waals surface area contributed by atoms with Crippen LogP contribution < -0.4 is 0 Å². The summed E-state index contributed by atoms with van der Waals surface area (Å²) in [4.78, 5) is 0. The quantitative estimate of drug-likeness (QED) is 0.216. The predicted octanol–water partition coefficient (Wildman–Crippen LogP) is 8.42. The van der Waals surface area contributed by atoms with Gasteiger partial charge in [0.2, 0.25) is 0 Å². The number of hydrogen-bond acceptors (Lipinski definition) is 3. The van der Waals surface area contributed by atoms with E-state index in [1.165, 1.54) is 70.6 Å². The Kier molecular flexibility index (Phi) is 9.14. The molecule has 1 unspecified atom stereocenters. The summed E-state index contributed by atoms with van der Waals surface area (Å²) in [5.74, 6) is 5.49. The molecule has 8 atom stereocenters. The molecule has 3 nitrogen and oxygen atoms in total. The summed E-state index contributed by atoms with van der Waals surface area (Å²) in [6.45, 7) is 13.1. The second-order valence-corrected chi connectivity index (χ2v) is 13.6. The van der Waals surface area contributed by atoms with E-state index in [9.17, 15) is 0 Å². The molecule has 0 amide bonds. The third-order valence-electron chi connectivity index (χ3n) is 11.6. The molecule has 0 aromatic rings. The summed E-state index contributed by atoms with van der Waals surface area (Å²) in [5, 5.41) is 0. The van der Waals surface area contributed by atoms with Crippen LogP contribution in [0.2, 0.25) is 0 Å². The number of fused-ring (bicyclic) bond motifs is 5. The van der Waals surface area contributed by atoms with Gasteiger partial charge >= 0.3 is 0 Å². The standard InChI is InChI=1S/C32H56O3/c1-8-23(11-9-10-22(2)3)27-14-15-28-26-13-12-24-20-25(35-21-30(33-6)34-7)16-18-31(24,4)29(26)17-19-32(27,28)5/h12,22-23,25-30H,8-11,13-21H2,1-7H3/t23-,25+,26+,27?,28+,29+,31+,32-/m1/s1. The van der Waals surface area contributed by atoms with Gasteiger partial charge in [-0.05, 0) is 97.7 Å². The van der Waals surface area contributed by atoms with Gasteiger partial charge < -0.3 is 14.2 Å². The van der Waals surface area contributed by atoms with Gasteiger partial charge in [0.1, 0.15) is 0 Å². The fourth-order valence-corrected chi connectivity index (χ4v) is 9.51. The van der Waals surface area contributed by atoms with Gasteiger partial charge in [-0.25, -0.2) is 0 Å². The van der Waals surface area contributed by atoms with E-state index >= 15 is 0 Å². The average Bonchev–Trinajstić information content (AvgIpc) is 3.19. The van der Waals surface area contributed by atoms with Crippen LogP contribution in [0.1, 0.15) is 112 Å². The third-order valence-corrected chi connectivity index (χ3v) is 11.6. The SMILES string of the molecule is CC[C@H](CCCC(C)C)C1CC[C@H]2[C@@H]3CC=C4C[C@@H](OCC(OC)OC)CC[C@]4(C)[C@H]3CC[C@]12C. The molecule has 0 heterocycles. The van der Waals surface area contributed by atoms with E-state index < -0.39 is 0 Å². The second-order valence-electron chi connectivity index (χ2n) is 13.6. The Morgan fingerprint density at radius 2 is 1.74 bits per heavy atom. The molecular weight excluding hydrogens is 432 g/mol. The lowest BCUT2D eigenvalue weighted by Gasteiger charge is -2.58. The highest BCUT2D eigenvalue weighted by molar-refractivity contribution is 5.25. The number of rotatable bonds is 11. The third kappa shape index (κ3) is 5.44. The van der Waals surface area contributed by atoms with Gasteiger partial charge in [-0.15, -0.1) is 0 Å². The molecule has 0 saturated heterocycles. The van der Waals surface area contributed by atoms with Crippen LogP contribution >= 0.6 is 0 Å². The van der Waals surface area contributed by atoms with Crippen molar-refractivity contribution in [2.45, 2.75) is 124 Å². The highest BCUT2D eigenvalue weighted by Crippen LogP contribution is 2.67. The molecule has 4 aliphatic rings. The number of ether oxygens (including phenoxy) is 3. The van der Waals surface area contributed by atoms with Gasteiger partial charge in [-0.1, -0.05) is 72.0 Å². The van der Waals surface area contributed by atoms with Crippen LogP contribution in [0.5, 0.6) is 0 Å². The molecule has 4 aliphatic carbocycles. The smallest absolute Gasteiger partial charge is 0.180 e. The van der Waals surface area contributed by atoms with Crippen molar-refractivity contribution >= 4 is 0 Å². The van der Waals surface area contributed by atoms with E-state index in [2.05, 4.69) is 40.7 Å². The van der Waals surface area contributed by atoms with Crippen molar-refractivity contribution in [3.8, 4) is 0 Å². The van der Waals surface area contributed by atoms with Gasteiger partial charge in [-0.2, -0.15) is 0 Å². The first-order valence-electron chi connectivity index (χ1n) is 15.1. The van der Waals surface area contributed by atoms with Gasteiger partial charge in [0.05, 0.1) is 12.7 Å². The fraction of sp³-hybridized carbons (Fsp3) is 0.938. The summed E-state index contributed by atoms with van der Waals surface area (Å²) in [6, 6.07) is 0. The normalized spacial score (nSPS) is 39.8. The molecular formula is C32H56O3. The van der Waals surface area contributed by atoms with Gasteiger partial charge in [0.15, 0.2) is 6.29 Å². The van der Waals surface area contributed by atoms with Crippen molar-refractivity contribution < 1.29 is 14.2 Å².